The Kier molecular flexibility index (Phi) is 6.61. The normalized spacial score (nSPS) is 12.8. The van der Waals surface area contributed by atoms with Crippen LogP contribution < -0.4 is 5.32 Å². The van der Waals surface area contributed by atoms with Crippen LogP contribution in [0, 0.1) is 0 Å². The molecule has 7 heteroatoms. The Hall–Kier alpha value is -1.86. The van der Waals surface area contributed by atoms with E-state index in [1.54, 1.807) is 7.11 Å². The lowest BCUT2D eigenvalue weighted by atomic mass is 9.87. The smallest absolute Gasteiger partial charge is 0.277 e. The number of ether oxygens (including phenoxy) is 1. The lowest BCUT2D eigenvalue weighted by Crippen LogP contribution is -2.36. The average molecular weight is 363 g/mol. The zero-order valence-electron chi connectivity index (χ0n) is 15.3. The number of hydrogen-bond acceptors (Lipinski definition) is 6. The molecular weight excluding hydrogens is 338 g/mol. The molecule has 0 aliphatic rings. The Morgan fingerprint density at radius 1 is 1.28 bits per heavy atom. The van der Waals surface area contributed by atoms with Crippen molar-refractivity contribution in [2.24, 2.45) is 0 Å². The van der Waals surface area contributed by atoms with Gasteiger partial charge in [0.2, 0.25) is 11.8 Å². The number of carbonyl (C=O) groups is 1. The van der Waals surface area contributed by atoms with Gasteiger partial charge >= 0.3 is 0 Å². The third-order valence-corrected chi connectivity index (χ3v) is 4.37. The van der Waals surface area contributed by atoms with E-state index in [9.17, 15) is 4.79 Å². The van der Waals surface area contributed by atoms with Crippen LogP contribution >= 0.6 is 11.8 Å². The Balaban J connectivity index is 1.93. The topological polar surface area (TPSA) is 77.2 Å². The average Bonchev–Trinajstić information content (AvgIpc) is 3.01. The van der Waals surface area contributed by atoms with Gasteiger partial charge in [-0.25, -0.2) is 0 Å². The number of carbonyl (C=O) groups excluding carboxylic acids is 1. The van der Waals surface area contributed by atoms with Crippen LogP contribution in [0.25, 0.3) is 11.5 Å². The quantitative estimate of drug-likeness (QED) is 0.761. The molecule has 1 atom stereocenters. The van der Waals surface area contributed by atoms with Crippen LogP contribution in [0.5, 0.6) is 0 Å². The Labute approximate surface area is 152 Å². The molecular formula is C18H25N3O3S. The van der Waals surface area contributed by atoms with Gasteiger partial charge in [0.15, 0.2) is 0 Å². The molecule has 2 aromatic rings. The first-order valence-electron chi connectivity index (χ1n) is 8.15. The molecule has 0 aliphatic carbocycles. The van der Waals surface area contributed by atoms with Crippen molar-refractivity contribution in [2.45, 2.75) is 44.4 Å². The van der Waals surface area contributed by atoms with Gasteiger partial charge in [-0.3, -0.25) is 4.79 Å². The van der Waals surface area contributed by atoms with Crippen molar-refractivity contribution in [2.75, 3.05) is 19.5 Å². The Morgan fingerprint density at radius 2 is 1.96 bits per heavy atom. The summed E-state index contributed by atoms with van der Waals surface area (Å²) in [5.41, 5.74) is 2.21. The third-order valence-electron chi connectivity index (χ3n) is 3.56. The molecule has 0 saturated heterocycles. The number of nitrogens with zero attached hydrogens (tertiary/aromatic N) is 2. The number of rotatable bonds is 7. The Morgan fingerprint density at radius 3 is 2.56 bits per heavy atom. The van der Waals surface area contributed by atoms with Crippen LogP contribution in [0.2, 0.25) is 0 Å². The van der Waals surface area contributed by atoms with E-state index in [-0.39, 0.29) is 23.1 Å². The summed E-state index contributed by atoms with van der Waals surface area (Å²) in [7, 11) is 1.60. The zero-order chi connectivity index (χ0) is 18.4. The molecule has 25 heavy (non-hydrogen) atoms. The second-order valence-corrected chi connectivity index (χ2v) is 7.84. The Bertz CT molecular complexity index is 692. The highest BCUT2D eigenvalue weighted by molar-refractivity contribution is 7.99. The first kappa shape index (κ1) is 19.5. The van der Waals surface area contributed by atoms with Gasteiger partial charge in [0, 0.05) is 18.7 Å². The van der Waals surface area contributed by atoms with Crippen LogP contribution in [0.1, 0.15) is 33.3 Å². The number of thioether (sulfide) groups is 1. The first-order valence-corrected chi connectivity index (χ1v) is 9.13. The van der Waals surface area contributed by atoms with Gasteiger partial charge < -0.3 is 14.5 Å². The van der Waals surface area contributed by atoms with Crippen molar-refractivity contribution < 1.29 is 13.9 Å². The second-order valence-electron chi connectivity index (χ2n) is 6.91. The molecule has 1 N–H and O–H groups in total. The lowest BCUT2D eigenvalue weighted by Gasteiger charge is -2.18. The lowest BCUT2D eigenvalue weighted by molar-refractivity contribution is -0.119. The molecule has 1 aromatic heterocycles. The van der Waals surface area contributed by atoms with Crippen LogP contribution in [0.4, 0.5) is 0 Å². The van der Waals surface area contributed by atoms with E-state index in [0.29, 0.717) is 17.7 Å². The summed E-state index contributed by atoms with van der Waals surface area (Å²) < 4.78 is 10.6. The van der Waals surface area contributed by atoms with Crippen LogP contribution in [-0.4, -0.2) is 41.6 Å². The molecule has 6 nitrogen and oxygen atoms in total. The standard InChI is InChI=1S/C18H25N3O3S/c1-12(10-23-5)19-15(22)11-25-17-21-20-16(24-17)13-6-8-14(9-7-13)18(2,3)4/h6-9,12H,10-11H2,1-5H3,(H,19,22)/t12-/m1/s1. The van der Waals surface area contributed by atoms with Crippen LogP contribution in [0.15, 0.2) is 33.9 Å². The van der Waals surface area contributed by atoms with E-state index in [1.165, 1.54) is 17.3 Å². The molecule has 1 heterocycles. The van der Waals surface area contributed by atoms with Crippen molar-refractivity contribution in [3.8, 4) is 11.5 Å². The number of amides is 1. The molecule has 0 unspecified atom stereocenters. The predicted molar refractivity (Wildman–Crippen MR) is 98.6 cm³/mol. The van der Waals surface area contributed by atoms with Crippen molar-refractivity contribution in [1.29, 1.82) is 0 Å². The summed E-state index contributed by atoms with van der Waals surface area (Å²) in [6, 6.07) is 8.05. The molecule has 0 bridgehead atoms. The summed E-state index contributed by atoms with van der Waals surface area (Å²) in [4.78, 5) is 11.8. The van der Waals surface area contributed by atoms with Gasteiger partial charge in [-0.1, -0.05) is 44.7 Å². The largest absolute Gasteiger partial charge is 0.411 e. The van der Waals surface area contributed by atoms with Gasteiger partial charge in [0.25, 0.3) is 5.22 Å². The van der Waals surface area contributed by atoms with Crippen molar-refractivity contribution in [3.63, 3.8) is 0 Å². The summed E-state index contributed by atoms with van der Waals surface area (Å²) >= 11 is 1.22. The van der Waals surface area contributed by atoms with Crippen LogP contribution in [0.3, 0.4) is 0 Å². The highest BCUT2D eigenvalue weighted by Crippen LogP contribution is 2.27. The van der Waals surface area contributed by atoms with E-state index in [1.807, 2.05) is 19.1 Å². The van der Waals surface area contributed by atoms with Gasteiger partial charge in [0.05, 0.1) is 12.4 Å². The highest BCUT2D eigenvalue weighted by atomic mass is 32.2. The fourth-order valence-corrected chi connectivity index (χ4v) is 2.81. The van der Waals surface area contributed by atoms with Crippen molar-refractivity contribution >= 4 is 17.7 Å². The predicted octanol–water partition coefficient (Wildman–Crippen LogP) is 3.28. The maximum atomic E-state index is 11.8. The minimum Gasteiger partial charge on any atom is -0.411 e. The minimum absolute atomic E-state index is 0.0299. The van der Waals surface area contributed by atoms with Crippen molar-refractivity contribution in [3.05, 3.63) is 29.8 Å². The maximum absolute atomic E-state index is 11.8. The zero-order valence-corrected chi connectivity index (χ0v) is 16.1. The highest BCUT2D eigenvalue weighted by Gasteiger charge is 2.15. The van der Waals surface area contributed by atoms with Gasteiger partial charge in [-0.15, -0.1) is 10.2 Å². The number of nitrogens with one attached hydrogen (secondary N) is 1. The van der Waals surface area contributed by atoms with Gasteiger partial charge in [-0.05, 0) is 30.0 Å². The van der Waals surface area contributed by atoms with E-state index >= 15 is 0 Å². The molecule has 0 radical (unpaired) electrons. The maximum Gasteiger partial charge on any atom is 0.277 e. The van der Waals surface area contributed by atoms with Gasteiger partial charge in [0.1, 0.15) is 0 Å². The molecule has 2 rings (SSSR count). The SMILES string of the molecule is COC[C@@H](C)NC(=O)CSc1nnc(-c2ccc(C(C)(C)C)cc2)o1. The first-order chi connectivity index (χ1) is 11.8. The molecule has 0 saturated carbocycles. The van der Waals surface area contributed by atoms with Crippen molar-refractivity contribution in [1.82, 2.24) is 15.5 Å². The molecule has 1 aromatic carbocycles. The van der Waals surface area contributed by atoms with E-state index in [0.717, 1.165) is 5.56 Å². The second kappa shape index (κ2) is 8.49. The minimum atomic E-state index is -0.0937. The summed E-state index contributed by atoms with van der Waals surface area (Å²) in [5.74, 6) is 0.582. The summed E-state index contributed by atoms with van der Waals surface area (Å²) in [5, 5.41) is 11.3. The molecule has 136 valence electrons. The molecule has 0 spiro atoms. The van der Waals surface area contributed by atoms with Crippen LogP contribution in [-0.2, 0) is 14.9 Å². The molecule has 0 fully saturated rings. The van der Waals surface area contributed by atoms with E-state index < -0.39 is 0 Å². The summed E-state index contributed by atoms with van der Waals surface area (Å²) in [6.07, 6.45) is 0. The summed E-state index contributed by atoms with van der Waals surface area (Å²) in [6.45, 7) is 8.87. The third kappa shape index (κ3) is 5.86. The monoisotopic (exact) mass is 363 g/mol. The number of hydrogen-bond donors (Lipinski definition) is 1. The number of benzene rings is 1. The number of methoxy groups -OCH3 is 1. The fourth-order valence-electron chi connectivity index (χ4n) is 2.23. The van der Waals surface area contributed by atoms with E-state index in [2.05, 4.69) is 48.4 Å². The molecule has 1 amide bonds. The number of aromatic nitrogens is 2. The van der Waals surface area contributed by atoms with E-state index in [4.69, 9.17) is 9.15 Å². The van der Waals surface area contributed by atoms with Gasteiger partial charge in [-0.2, -0.15) is 0 Å². The fraction of sp³-hybridized carbons (Fsp3) is 0.500. The molecule has 0 aliphatic heterocycles.